The first kappa shape index (κ1) is 14.9. The zero-order valence-electron chi connectivity index (χ0n) is 9.85. The number of alkyl halides is 1. The molecule has 4 nitrogen and oxygen atoms in total. The van der Waals surface area contributed by atoms with Gasteiger partial charge in [-0.05, 0) is 23.9 Å². The van der Waals surface area contributed by atoms with E-state index in [-0.39, 0.29) is 0 Å². The second-order valence-corrected chi connectivity index (χ2v) is 6.88. The molecule has 0 aliphatic heterocycles. The molecule has 1 heterocycles. The third-order valence-electron chi connectivity index (χ3n) is 2.20. The normalized spacial score (nSPS) is 12.2. The average molecular weight is 298 g/mol. The lowest BCUT2D eigenvalue weighted by Crippen LogP contribution is -2.29. The van der Waals surface area contributed by atoms with Crippen LogP contribution in [-0.4, -0.2) is 39.5 Å². The van der Waals surface area contributed by atoms with Crippen molar-refractivity contribution in [3.8, 4) is 0 Å². The van der Waals surface area contributed by atoms with Crippen molar-refractivity contribution in [2.45, 2.75) is 17.0 Å². The van der Waals surface area contributed by atoms with Crippen LogP contribution >= 0.6 is 22.9 Å². The van der Waals surface area contributed by atoms with Crippen LogP contribution < -0.4 is 0 Å². The van der Waals surface area contributed by atoms with Crippen molar-refractivity contribution in [1.29, 1.82) is 0 Å². The SMILES string of the molecule is CCOCCN(C)S(=O)(=O)c1cc(CCl)cs1. The fraction of sp³-hybridized carbons (Fsp3) is 0.600. The third-order valence-corrected chi connectivity index (χ3v) is 5.83. The molecule has 0 radical (unpaired) electrons. The Kier molecular flexibility index (Phi) is 5.88. The summed E-state index contributed by atoms with van der Waals surface area (Å²) >= 11 is 6.84. The smallest absolute Gasteiger partial charge is 0.252 e. The number of likely N-dealkylation sites (N-methyl/N-ethyl adjacent to an activating group) is 1. The van der Waals surface area contributed by atoms with Crippen molar-refractivity contribution in [1.82, 2.24) is 4.31 Å². The molecule has 98 valence electrons. The molecule has 0 atom stereocenters. The van der Waals surface area contributed by atoms with Crippen LogP contribution in [-0.2, 0) is 20.6 Å². The molecule has 0 saturated heterocycles. The summed E-state index contributed by atoms with van der Waals surface area (Å²) in [5, 5.41) is 1.76. The van der Waals surface area contributed by atoms with Crippen LogP contribution in [0.25, 0.3) is 0 Å². The average Bonchev–Trinajstić information content (AvgIpc) is 2.78. The molecule has 0 aromatic carbocycles. The Bertz CT molecular complexity index is 444. The molecule has 0 fully saturated rings. The van der Waals surface area contributed by atoms with E-state index in [0.717, 1.165) is 5.56 Å². The van der Waals surface area contributed by atoms with Gasteiger partial charge in [-0.3, -0.25) is 0 Å². The molecule has 7 heteroatoms. The van der Waals surface area contributed by atoms with Gasteiger partial charge in [-0.15, -0.1) is 22.9 Å². The van der Waals surface area contributed by atoms with Gasteiger partial charge in [0.05, 0.1) is 6.61 Å². The number of thiophene rings is 1. The molecular formula is C10H16ClNO3S2. The highest BCUT2D eigenvalue weighted by Gasteiger charge is 2.22. The van der Waals surface area contributed by atoms with E-state index >= 15 is 0 Å². The van der Waals surface area contributed by atoms with Gasteiger partial charge in [-0.25, -0.2) is 8.42 Å². The Morgan fingerprint density at radius 3 is 2.76 bits per heavy atom. The van der Waals surface area contributed by atoms with Crippen LogP contribution in [0.15, 0.2) is 15.7 Å². The van der Waals surface area contributed by atoms with Crippen molar-refractivity contribution in [2.75, 3.05) is 26.8 Å². The first-order chi connectivity index (χ1) is 8.02. The fourth-order valence-electron chi connectivity index (χ4n) is 1.17. The van der Waals surface area contributed by atoms with E-state index in [2.05, 4.69) is 0 Å². The summed E-state index contributed by atoms with van der Waals surface area (Å²) in [6.07, 6.45) is 0. The van der Waals surface area contributed by atoms with Crippen LogP contribution in [0, 0.1) is 0 Å². The predicted molar refractivity (Wildman–Crippen MR) is 70.2 cm³/mol. The number of sulfonamides is 1. The molecule has 0 spiro atoms. The van der Waals surface area contributed by atoms with Crippen molar-refractivity contribution < 1.29 is 13.2 Å². The summed E-state index contributed by atoms with van der Waals surface area (Å²) in [6.45, 7) is 3.22. The maximum Gasteiger partial charge on any atom is 0.252 e. The molecule has 0 N–H and O–H groups in total. The molecule has 1 aromatic heterocycles. The van der Waals surface area contributed by atoms with Crippen molar-refractivity contribution in [2.24, 2.45) is 0 Å². The van der Waals surface area contributed by atoms with E-state index in [1.165, 1.54) is 15.6 Å². The van der Waals surface area contributed by atoms with Crippen LogP contribution in [0.3, 0.4) is 0 Å². The summed E-state index contributed by atoms with van der Waals surface area (Å²) in [4.78, 5) is 0. The Labute approximate surface area is 111 Å². The lowest BCUT2D eigenvalue weighted by atomic mass is 10.4. The van der Waals surface area contributed by atoms with Gasteiger partial charge in [0.2, 0.25) is 0 Å². The van der Waals surface area contributed by atoms with Gasteiger partial charge in [0.1, 0.15) is 4.21 Å². The Hall–Kier alpha value is -0.140. The minimum absolute atomic E-state index is 0.326. The number of ether oxygens (including phenoxy) is 1. The van der Waals surface area contributed by atoms with Crippen LogP contribution in [0.5, 0.6) is 0 Å². The molecule has 0 aliphatic carbocycles. The molecule has 17 heavy (non-hydrogen) atoms. The zero-order chi connectivity index (χ0) is 12.9. The maximum absolute atomic E-state index is 12.1. The highest BCUT2D eigenvalue weighted by atomic mass is 35.5. The van der Waals surface area contributed by atoms with Gasteiger partial charge in [-0.1, -0.05) is 0 Å². The molecule has 0 saturated carbocycles. The summed E-state index contributed by atoms with van der Waals surface area (Å²) < 4.78 is 30.9. The van der Waals surface area contributed by atoms with Gasteiger partial charge in [0, 0.05) is 26.1 Å². The number of halogens is 1. The minimum Gasteiger partial charge on any atom is -0.380 e. The van der Waals surface area contributed by atoms with Crippen LogP contribution in [0.2, 0.25) is 0 Å². The first-order valence-corrected chi connectivity index (χ1v) is 8.05. The van der Waals surface area contributed by atoms with E-state index in [9.17, 15) is 8.42 Å². The van der Waals surface area contributed by atoms with Gasteiger partial charge in [0.25, 0.3) is 10.0 Å². The molecule has 0 unspecified atom stereocenters. The maximum atomic E-state index is 12.1. The van der Waals surface area contributed by atoms with Crippen molar-refractivity contribution in [3.05, 3.63) is 17.0 Å². The topological polar surface area (TPSA) is 46.6 Å². The summed E-state index contributed by atoms with van der Waals surface area (Å²) in [6, 6.07) is 1.62. The van der Waals surface area contributed by atoms with E-state index in [0.29, 0.717) is 29.8 Å². The van der Waals surface area contributed by atoms with Crippen LogP contribution in [0.4, 0.5) is 0 Å². The fourth-order valence-corrected chi connectivity index (χ4v) is 3.99. The summed E-state index contributed by atoms with van der Waals surface area (Å²) in [7, 11) is -1.85. The van der Waals surface area contributed by atoms with Crippen LogP contribution in [0.1, 0.15) is 12.5 Å². The highest BCUT2D eigenvalue weighted by molar-refractivity contribution is 7.91. The molecule has 0 aliphatic rings. The van der Waals surface area contributed by atoms with Gasteiger partial charge in [0.15, 0.2) is 0 Å². The minimum atomic E-state index is -3.40. The number of hydrogen-bond acceptors (Lipinski definition) is 4. The van der Waals surface area contributed by atoms with Gasteiger partial charge >= 0.3 is 0 Å². The van der Waals surface area contributed by atoms with E-state index in [1.807, 2.05) is 6.92 Å². The third kappa shape index (κ3) is 3.93. The van der Waals surface area contributed by atoms with E-state index < -0.39 is 10.0 Å². The lowest BCUT2D eigenvalue weighted by molar-refractivity contribution is 0.138. The molecule has 0 bridgehead atoms. The number of rotatable bonds is 7. The quantitative estimate of drug-likeness (QED) is 0.572. The second-order valence-electron chi connectivity index (χ2n) is 3.43. The van der Waals surface area contributed by atoms with Crippen molar-refractivity contribution in [3.63, 3.8) is 0 Å². The molecule has 1 rings (SSSR count). The van der Waals surface area contributed by atoms with Gasteiger partial charge in [-0.2, -0.15) is 4.31 Å². The zero-order valence-corrected chi connectivity index (χ0v) is 12.2. The first-order valence-electron chi connectivity index (χ1n) is 5.19. The van der Waals surface area contributed by atoms with Crippen molar-refractivity contribution >= 4 is 33.0 Å². The second kappa shape index (κ2) is 6.70. The summed E-state index contributed by atoms with van der Waals surface area (Å²) in [5.74, 6) is 0.328. The standard InChI is InChI=1S/C10H16ClNO3S2/c1-3-15-5-4-12(2)17(13,14)10-6-9(7-11)8-16-10/h6,8H,3-5,7H2,1-2H3. The highest BCUT2D eigenvalue weighted by Crippen LogP contribution is 2.23. The molecular weight excluding hydrogens is 282 g/mol. The number of hydrogen-bond donors (Lipinski definition) is 0. The summed E-state index contributed by atoms with van der Waals surface area (Å²) in [5.41, 5.74) is 0.827. The van der Waals surface area contributed by atoms with E-state index in [1.54, 1.807) is 18.5 Å². The number of nitrogens with zero attached hydrogens (tertiary/aromatic N) is 1. The molecule has 0 amide bonds. The lowest BCUT2D eigenvalue weighted by Gasteiger charge is -2.15. The largest absolute Gasteiger partial charge is 0.380 e. The van der Waals surface area contributed by atoms with Gasteiger partial charge < -0.3 is 4.74 Å². The Balaban J connectivity index is 2.73. The van der Waals surface area contributed by atoms with E-state index in [4.69, 9.17) is 16.3 Å². The Morgan fingerprint density at radius 1 is 1.53 bits per heavy atom. The predicted octanol–water partition coefficient (Wildman–Crippen LogP) is 2.14. The monoisotopic (exact) mass is 297 g/mol. The molecule has 1 aromatic rings. The Morgan fingerprint density at radius 2 is 2.24 bits per heavy atom.